The highest BCUT2D eigenvalue weighted by atomic mass is 15.2. The lowest BCUT2D eigenvalue weighted by Crippen LogP contribution is -2.38. The smallest absolute Gasteiger partial charge is 0.122 e. The second kappa shape index (κ2) is 3.84. The zero-order valence-corrected chi connectivity index (χ0v) is 10.0. The van der Waals surface area contributed by atoms with Gasteiger partial charge in [0.2, 0.25) is 0 Å². The molecule has 92 valence electrons. The molecule has 17 heavy (non-hydrogen) atoms. The highest BCUT2D eigenvalue weighted by molar-refractivity contribution is 5.78. The molecule has 0 unspecified atom stereocenters. The first-order chi connectivity index (χ1) is 8.17. The van der Waals surface area contributed by atoms with Crippen molar-refractivity contribution < 1.29 is 0 Å². The van der Waals surface area contributed by atoms with Gasteiger partial charge in [-0.15, -0.1) is 0 Å². The van der Waals surface area contributed by atoms with Crippen molar-refractivity contribution in [1.82, 2.24) is 14.5 Å². The Kier molecular flexibility index (Phi) is 2.43. The molecule has 1 fully saturated rings. The van der Waals surface area contributed by atoms with Crippen molar-refractivity contribution in [3.63, 3.8) is 0 Å². The van der Waals surface area contributed by atoms with E-state index in [2.05, 4.69) is 20.6 Å². The molecule has 0 saturated heterocycles. The van der Waals surface area contributed by atoms with Crippen molar-refractivity contribution >= 4 is 5.84 Å². The van der Waals surface area contributed by atoms with Gasteiger partial charge in [0.05, 0.1) is 12.4 Å². The molecule has 0 radical (unpaired) electrons. The number of amidine groups is 1. The van der Waals surface area contributed by atoms with Crippen molar-refractivity contribution in [1.29, 1.82) is 5.41 Å². The number of nitrogens with zero attached hydrogens (tertiary/aromatic N) is 3. The summed E-state index contributed by atoms with van der Waals surface area (Å²) in [6.07, 6.45) is 7.13. The SMILES string of the molecule is N=C(N)CC1(CN2CCn3ccnc3C2)CC1. The van der Waals surface area contributed by atoms with Crippen LogP contribution in [0.3, 0.4) is 0 Å². The molecule has 0 atom stereocenters. The molecule has 1 aromatic heterocycles. The Bertz CT molecular complexity index is 432. The van der Waals surface area contributed by atoms with Crippen molar-refractivity contribution in [3.05, 3.63) is 18.2 Å². The van der Waals surface area contributed by atoms with Crippen LogP contribution in [0.4, 0.5) is 0 Å². The monoisotopic (exact) mass is 233 g/mol. The number of nitrogens with two attached hydrogens (primary N) is 1. The van der Waals surface area contributed by atoms with Gasteiger partial charge in [0.15, 0.2) is 0 Å². The second-order valence-electron chi connectivity index (χ2n) is 5.45. The van der Waals surface area contributed by atoms with E-state index in [1.54, 1.807) is 0 Å². The molecule has 0 aromatic carbocycles. The number of rotatable bonds is 4. The molecule has 1 aromatic rings. The highest BCUT2D eigenvalue weighted by Crippen LogP contribution is 2.49. The van der Waals surface area contributed by atoms with Crippen molar-refractivity contribution in [2.45, 2.75) is 32.4 Å². The van der Waals surface area contributed by atoms with E-state index < -0.39 is 0 Å². The summed E-state index contributed by atoms with van der Waals surface area (Å²) >= 11 is 0. The summed E-state index contributed by atoms with van der Waals surface area (Å²) in [7, 11) is 0. The first-order valence-electron chi connectivity index (χ1n) is 6.22. The summed E-state index contributed by atoms with van der Waals surface area (Å²) in [4.78, 5) is 6.83. The number of hydrogen-bond acceptors (Lipinski definition) is 3. The maximum Gasteiger partial charge on any atom is 0.122 e. The van der Waals surface area contributed by atoms with Gasteiger partial charge in [-0.25, -0.2) is 4.98 Å². The number of nitrogens with one attached hydrogen (secondary N) is 1. The summed E-state index contributed by atoms with van der Waals surface area (Å²) in [5.74, 6) is 1.50. The van der Waals surface area contributed by atoms with Crippen LogP contribution in [0.15, 0.2) is 12.4 Å². The molecule has 1 aliphatic heterocycles. The van der Waals surface area contributed by atoms with E-state index in [-0.39, 0.29) is 0 Å². The third-order valence-electron chi connectivity index (χ3n) is 3.91. The van der Waals surface area contributed by atoms with E-state index in [1.807, 2.05) is 6.20 Å². The molecule has 0 bridgehead atoms. The van der Waals surface area contributed by atoms with E-state index in [0.717, 1.165) is 38.4 Å². The Morgan fingerprint density at radius 1 is 1.47 bits per heavy atom. The normalized spacial score (nSPS) is 22.1. The standard InChI is InChI=1S/C12H19N5/c13-10(14)7-12(1-2-12)9-16-5-6-17-4-3-15-11(17)8-16/h3-4H,1-2,5-9H2,(H3,13,14). The second-order valence-corrected chi connectivity index (χ2v) is 5.45. The maximum absolute atomic E-state index is 7.44. The molecule has 5 heteroatoms. The highest BCUT2D eigenvalue weighted by Gasteiger charge is 2.44. The zero-order chi connectivity index (χ0) is 11.9. The van der Waals surface area contributed by atoms with Gasteiger partial charge in [0, 0.05) is 38.4 Å². The van der Waals surface area contributed by atoms with Gasteiger partial charge in [0.1, 0.15) is 5.82 Å². The largest absolute Gasteiger partial charge is 0.388 e. The molecule has 5 nitrogen and oxygen atoms in total. The Hall–Kier alpha value is -1.36. The van der Waals surface area contributed by atoms with Crippen LogP contribution in [0.2, 0.25) is 0 Å². The number of imidazole rings is 1. The van der Waals surface area contributed by atoms with E-state index in [0.29, 0.717) is 11.3 Å². The third-order valence-corrected chi connectivity index (χ3v) is 3.91. The first-order valence-corrected chi connectivity index (χ1v) is 6.22. The van der Waals surface area contributed by atoms with Crippen LogP contribution < -0.4 is 5.73 Å². The minimum atomic E-state index is 0.306. The molecule has 0 spiro atoms. The topological polar surface area (TPSA) is 70.9 Å². The van der Waals surface area contributed by atoms with Gasteiger partial charge in [-0.05, 0) is 18.3 Å². The Morgan fingerprint density at radius 3 is 3.00 bits per heavy atom. The molecule has 3 rings (SSSR count). The maximum atomic E-state index is 7.44. The summed E-state index contributed by atoms with van der Waals surface area (Å²) in [5, 5.41) is 7.44. The number of hydrogen-bond donors (Lipinski definition) is 2. The minimum Gasteiger partial charge on any atom is -0.388 e. The molecular formula is C12H19N5. The van der Waals surface area contributed by atoms with E-state index >= 15 is 0 Å². The quantitative estimate of drug-likeness (QED) is 0.597. The van der Waals surface area contributed by atoms with Crippen LogP contribution in [0.25, 0.3) is 0 Å². The summed E-state index contributed by atoms with van der Waals surface area (Å²) < 4.78 is 2.22. The summed E-state index contributed by atoms with van der Waals surface area (Å²) in [5.41, 5.74) is 5.84. The van der Waals surface area contributed by atoms with Crippen molar-refractivity contribution in [3.8, 4) is 0 Å². The van der Waals surface area contributed by atoms with Gasteiger partial charge < -0.3 is 10.3 Å². The van der Waals surface area contributed by atoms with E-state index in [9.17, 15) is 0 Å². The Morgan fingerprint density at radius 2 is 2.29 bits per heavy atom. The fraction of sp³-hybridized carbons (Fsp3) is 0.667. The summed E-state index contributed by atoms with van der Waals surface area (Å²) in [6.45, 7) is 4.13. The molecule has 1 aliphatic carbocycles. The predicted molar refractivity (Wildman–Crippen MR) is 65.7 cm³/mol. The van der Waals surface area contributed by atoms with Crippen molar-refractivity contribution in [2.75, 3.05) is 13.1 Å². The van der Waals surface area contributed by atoms with Crippen LogP contribution in [0, 0.1) is 10.8 Å². The molecule has 3 N–H and O–H groups in total. The fourth-order valence-electron chi connectivity index (χ4n) is 2.80. The van der Waals surface area contributed by atoms with Gasteiger partial charge in [-0.1, -0.05) is 0 Å². The van der Waals surface area contributed by atoms with Crippen LogP contribution in [0.5, 0.6) is 0 Å². The Balaban J connectivity index is 1.62. The van der Waals surface area contributed by atoms with Crippen LogP contribution in [-0.4, -0.2) is 33.4 Å². The summed E-state index contributed by atoms with van der Waals surface area (Å²) in [6, 6.07) is 0. The van der Waals surface area contributed by atoms with Crippen LogP contribution in [-0.2, 0) is 13.1 Å². The fourth-order valence-corrected chi connectivity index (χ4v) is 2.80. The first kappa shape index (κ1) is 10.8. The van der Waals surface area contributed by atoms with Crippen LogP contribution >= 0.6 is 0 Å². The molecule has 2 heterocycles. The third kappa shape index (κ3) is 2.20. The number of fused-ring (bicyclic) bond motifs is 1. The van der Waals surface area contributed by atoms with E-state index in [4.69, 9.17) is 11.1 Å². The predicted octanol–water partition coefficient (Wildman–Crippen LogP) is 0.805. The van der Waals surface area contributed by atoms with Gasteiger partial charge in [-0.2, -0.15) is 0 Å². The lowest BCUT2D eigenvalue weighted by atomic mass is 10.0. The van der Waals surface area contributed by atoms with E-state index in [1.165, 1.54) is 12.8 Å². The lowest BCUT2D eigenvalue weighted by molar-refractivity contribution is 0.178. The molecule has 1 saturated carbocycles. The molecular weight excluding hydrogens is 214 g/mol. The van der Waals surface area contributed by atoms with Gasteiger partial charge in [0.25, 0.3) is 0 Å². The lowest BCUT2D eigenvalue weighted by Gasteiger charge is -2.31. The van der Waals surface area contributed by atoms with Gasteiger partial charge in [-0.3, -0.25) is 10.3 Å². The molecule has 0 amide bonds. The van der Waals surface area contributed by atoms with Gasteiger partial charge >= 0.3 is 0 Å². The van der Waals surface area contributed by atoms with Crippen LogP contribution in [0.1, 0.15) is 25.1 Å². The number of aromatic nitrogens is 2. The zero-order valence-electron chi connectivity index (χ0n) is 10.0. The van der Waals surface area contributed by atoms with Crippen molar-refractivity contribution in [2.24, 2.45) is 11.1 Å². The average molecular weight is 233 g/mol. The Labute approximate surface area is 101 Å². The molecule has 2 aliphatic rings. The average Bonchev–Trinajstić information content (AvgIpc) is 2.85. The minimum absolute atomic E-state index is 0.306.